The second-order valence-electron chi connectivity index (χ2n) is 4.49. The maximum atomic E-state index is 11.9. The van der Waals surface area contributed by atoms with Crippen LogP contribution < -0.4 is 0 Å². The van der Waals surface area contributed by atoms with E-state index in [-0.39, 0.29) is 11.9 Å². The number of aryl methyl sites for hydroxylation is 1. The predicted octanol–water partition coefficient (Wildman–Crippen LogP) is 2.34. The molecular weight excluding hydrogens is 230 g/mol. The molecule has 0 N–H and O–H groups in total. The number of esters is 1. The standard InChI is InChI=1S/C13H17N3O2/c1-5-18-13(17)10-7-14-11-6-9(4)15-16(11)12(10)8(2)3/h6-8H,5H2,1-4H3. The zero-order valence-electron chi connectivity index (χ0n) is 11.1. The number of rotatable bonds is 3. The van der Waals surface area contributed by atoms with Crippen LogP contribution in [0.15, 0.2) is 12.3 Å². The molecule has 0 fully saturated rings. The zero-order chi connectivity index (χ0) is 13.3. The van der Waals surface area contributed by atoms with Gasteiger partial charge in [0.25, 0.3) is 0 Å². The lowest BCUT2D eigenvalue weighted by Crippen LogP contribution is -2.14. The third-order valence-electron chi connectivity index (χ3n) is 2.69. The van der Waals surface area contributed by atoms with Crippen molar-refractivity contribution in [1.29, 1.82) is 0 Å². The van der Waals surface area contributed by atoms with Gasteiger partial charge in [-0.05, 0) is 19.8 Å². The number of aromatic nitrogens is 3. The molecule has 0 aliphatic rings. The fourth-order valence-electron chi connectivity index (χ4n) is 1.99. The van der Waals surface area contributed by atoms with Crippen LogP contribution in [0.5, 0.6) is 0 Å². The maximum absolute atomic E-state index is 11.9. The molecule has 96 valence electrons. The molecule has 2 rings (SSSR count). The Morgan fingerprint density at radius 2 is 2.22 bits per heavy atom. The number of carbonyl (C=O) groups is 1. The number of carbonyl (C=O) groups excluding carboxylic acids is 1. The minimum atomic E-state index is -0.344. The van der Waals surface area contributed by atoms with Crippen molar-refractivity contribution >= 4 is 11.6 Å². The zero-order valence-corrected chi connectivity index (χ0v) is 11.1. The van der Waals surface area contributed by atoms with Crippen molar-refractivity contribution in [3.63, 3.8) is 0 Å². The molecule has 0 saturated heterocycles. The predicted molar refractivity (Wildman–Crippen MR) is 67.8 cm³/mol. The first-order valence-corrected chi connectivity index (χ1v) is 6.07. The summed E-state index contributed by atoms with van der Waals surface area (Å²) in [4.78, 5) is 16.2. The van der Waals surface area contributed by atoms with Crippen LogP contribution in [-0.4, -0.2) is 27.2 Å². The molecule has 2 aromatic heterocycles. The summed E-state index contributed by atoms with van der Waals surface area (Å²) in [5, 5.41) is 4.38. The van der Waals surface area contributed by atoms with Crippen molar-refractivity contribution in [3.8, 4) is 0 Å². The second-order valence-corrected chi connectivity index (χ2v) is 4.49. The highest BCUT2D eigenvalue weighted by atomic mass is 16.5. The van der Waals surface area contributed by atoms with Crippen LogP contribution in [0.25, 0.3) is 5.65 Å². The smallest absolute Gasteiger partial charge is 0.341 e. The summed E-state index contributed by atoms with van der Waals surface area (Å²) in [5.74, 6) is -0.182. The fraction of sp³-hybridized carbons (Fsp3) is 0.462. The molecule has 18 heavy (non-hydrogen) atoms. The lowest BCUT2D eigenvalue weighted by atomic mass is 10.1. The highest BCUT2D eigenvalue weighted by Crippen LogP contribution is 2.21. The maximum Gasteiger partial charge on any atom is 0.341 e. The van der Waals surface area contributed by atoms with Crippen molar-refractivity contribution in [3.05, 3.63) is 29.2 Å². The summed E-state index contributed by atoms with van der Waals surface area (Å²) in [6, 6.07) is 1.89. The van der Waals surface area contributed by atoms with Gasteiger partial charge in [-0.25, -0.2) is 14.3 Å². The molecule has 5 heteroatoms. The number of fused-ring (bicyclic) bond motifs is 1. The Labute approximate surface area is 106 Å². The average molecular weight is 247 g/mol. The van der Waals surface area contributed by atoms with E-state index in [1.54, 1.807) is 17.6 Å². The van der Waals surface area contributed by atoms with Gasteiger partial charge >= 0.3 is 5.97 Å². The summed E-state index contributed by atoms with van der Waals surface area (Å²) < 4.78 is 6.78. The van der Waals surface area contributed by atoms with Gasteiger partial charge in [-0.3, -0.25) is 0 Å². The average Bonchev–Trinajstić information content (AvgIpc) is 2.67. The monoisotopic (exact) mass is 247 g/mol. The van der Waals surface area contributed by atoms with Gasteiger partial charge in [0.1, 0.15) is 0 Å². The Hall–Kier alpha value is -1.91. The number of ether oxygens (including phenoxy) is 1. The molecule has 0 amide bonds. The molecule has 0 bridgehead atoms. The van der Waals surface area contributed by atoms with Crippen LogP contribution in [0.3, 0.4) is 0 Å². The highest BCUT2D eigenvalue weighted by Gasteiger charge is 2.20. The minimum absolute atomic E-state index is 0.161. The van der Waals surface area contributed by atoms with E-state index in [9.17, 15) is 4.79 Å². The summed E-state index contributed by atoms with van der Waals surface area (Å²) in [7, 11) is 0. The Morgan fingerprint density at radius 1 is 1.50 bits per heavy atom. The van der Waals surface area contributed by atoms with E-state index in [0.717, 1.165) is 17.0 Å². The Kier molecular flexibility index (Phi) is 3.32. The van der Waals surface area contributed by atoms with Crippen molar-refractivity contribution in [2.45, 2.75) is 33.6 Å². The van der Waals surface area contributed by atoms with E-state index < -0.39 is 0 Å². The molecule has 0 atom stereocenters. The van der Waals surface area contributed by atoms with E-state index in [2.05, 4.69) is 10.1 Å². The van der Waals surface area contributed by atoms with Crippen LogP contribution in [0, 0.1) is 6.92 Å². The van der Waals surface area contributed by atoms with E-state index in [0.29, 0.717) is 12.2 Å². The fourth-order valence-corrected chi connectivity index (χ4v) is 1.99. The Morgan fingerprint density at radius 3 is 2.83 bits per heavy atom. The molecule has 0 saturated carbocycles. The lowest BCUT2D eigenvalue weighted by Gasteiger charge is -2.13. The summed E-state index contributed by atoms with van der Waals surface area (Å²) >= 11 is 0. The van der Waals surface area contributed by atoms with Gasteiger partial charge in [-0.1, -0.05) is 13.8 Å². The first kappa shape index (κ1) is 12.5. The number of nitrogens with zero attached hydrogens (tertiary/aromatic N) is 3. The Bertz CT molecular complexity index is 587. The quantitative estimate of drug-likeness (QED) is 0.781. The Balaban J connectivity index is 2.66. The highest BCUT2D eigenvalue weighted by molar-refractivity contribution is 5.90. The molecular formula is C13H17N3O2. The van der Waals surface area contributed by atoms with Gasteiger partial charge in [-0.2, -0.15) is 5.10 Å². The molecule has 0 aromatic carbocycles. The summed E-state index contributed by atoms with van der Waals surface area (Å²) in [6.07, 6.45) is 1.57. The van der Waals surface area contributed by atoms with Crippen molar-refractivity contribution < 1.29 is 9.53 Å². The summed E-state index contributed by atoms with van der Waals surface area (Å²) in [6.45, 7) is 8.09. The van der Waals surface area contributed by atoms with E-state index in [1.165, 1.54) is 0 Å². The normalized spacial score (nSPS) is 11.2. The number of hydrogen-bond acceptors (Lipinski definition) is 4. The SMILES string of the molecule is CCOC(=O)c1cnc2cc(C)nn2c1C(C)C. The van der Waals surface area contributed by atoms with Crippen molar-refractivity contribution in [2.24, 2.45) is 0 Å². The van der Waals surface area contributed by atoms with E-state index in [4.69, 9.17) is 4.74 Å². The minimum Gasteiger partial charge on any atom is -0.462 e. The molecule has 0 radical (unpaired) electrons. The van der Waals surface area contributed by atoms with E-state index in [1.807, 2.05) is 26.8 Å². The van der Waals surface area contributed by atoms with Crippen molar-refractivity contribution in [2.75, 3.05) is 6.61 Å². The molecule has 0 unspecified atom stereocenters. The van der Waals surface area contributed by atoms with Crippen LogP contribution in [0.4, 0.5) is 0 Å². The van der Waals surface area contributed by atoms with Gasteiger partial charge in [0.15, 0.2) is 5.65 Å². The molecule has 2 aromatic rings. The van der Waals surface area contributed by atoms with Crippen LogP contribution in [0.1, 0.15) is 48.4 Å². The second kappa shape index (κ2) is 4.76. The largest absolute Gasteiger partial charge is 0.462 e. The van der Waals surface area contributed by atoms with Gasteiger partial charge in [0.2, 0.25) is 0 Å². The van der Waals surface area contributed by atoms with Crippen LogP contribution in [0.2, 0.25) is 0 Å². The van der Waals surface area contributed by atoms with E-state index >= 15 is 0 Å². The molecule has 0 aliphatic carbocycles. The first-order valence-electron chi connectivity index (χ1n) is 6.07. The number of hydrogen-bond donors (Lipinski definition) is 0. The lowest BCUT2D eigenvalue weighted by molar-refractivity contribution is 0.0523. The third-order valence-corrected chi connectivity index (χ3v) is 2.69. The van der Waals surface area contributed by atoms with Gasteiger partial charge in [0, 0.05) is 12.3 Å². The van der Waals surface area contributed by atoms with Gasteiger partial charge in [-0.15, -0.1) is 0 Å². The molecule has 0 spiro atoms. The molecule has 2 heterocycles. The van der Waals surface area contributed by atoms with Crippen molar-refractivity contribution in [1.82, 2.24) is 14.6 Å². The third kappa shape index (κ3) is 2.08. The van der Waals surface area contributed by atoms with Gasteiger partial charge < -0.3 is 4.74 Å². The van der Waals surface area contributed by atoms with Crippen LogP contribution >= 0.6 is 0 Å². The first-order chi connectivity index (χ1) is 8.54. The summed E-state index contributed by atoms with van der Waals surface area (Å²) in [5.41, 5.74) is 2.96. The topological polar surface area (TPSA) is 56.5 Å². The molecule has 0 aliphatic heterocycles. The molecule has 5 nitrogen and oxygen atoms in total. The van der Waals surface area contributed by atoms with Gasteiger partial charge in [0.05, 0.1) is 23.6 Å². The van der Waals surface area contributed by atoms with Crippen LogP contribution in [-0.2, 0) is 4.74 Å².